The molecule has 1 heterocycles. The van der Waals surface area contributed by atoms with E-state index in [0.29, 0.717) is 11.6 Å². The van der Waals surface area contributed by atoms with Crippen LogP contribution in [0.1, 0.15) is 5.01 Å². The second-order valence-electron chi connectivity index (χ2n) is 3.29. The summed E-state index contributed by atoms with van der Waals surface area (Å²) in [5.41, 5.74) is 6.98. The van der Waals surface area contributed by atoms with E-state index < -0.39 is 0 Å². The second kappa shape index (κ2) is 4.91. The van der Waals surface area contributed by atoms with E-state index in [2.05, 4.69) is 4.98 Å². The molecular formula is C11H10ClFN2S. The van der Waals surface area contributed by atoms with Gasteiger partial charge in [-0.25, -0.2) is 9.37 Å². The van der Waals surface area contributed by atoms with Crippen LogP contribution in [-0.2, 0) is 6.42 Å². The van der Waals surface area contributed by atoms with Gasteiger partial charge in [-0.15, -0.1) is 11.3 Å². The molecule has 0 saturated carbocycles. The maximum absolute atomic E-state index is 12.9. The SMILES string of the molecule is NCCc1nc(-c2ccc(F)cc2Cl)cs1. The smallest absolute Gasteiger partial charge is 0.124 e. The third kappa shape index (κ3) is 2.40. The van der Waals surface area contributed by atoms with Gasteiger partial charge in [0.1, 0.15) is 5.82 Å². The molecule has 16 heavy (non-hydrogen) atoms. The van der Waals surface area contributed by atoms with Crippen molar-refractivity contribution in [3.05, 3.63) is 39.4 Å². The van der Waals surface area contributed by atoms with Crippen molar-refractivity contribution in [1.29, 1.82) is 0 Å². The Bertz CT molecular complexity index is 498. The molecule has 0 aliphatic heterocycles. The van der Waals surface area contributed by atoms with Gasteiger partial charge in [-0.3, -0.25) is 0 Å². The van der Waals surface area contributed by atoms with E-state index in [1.807, 2.05) is 5.38 Å². The van der Waals surface area contributed by atoms with Crippen molar-refractivity contribution in [2.75, 3.05) is 6.54 Å². The highest BCUT2D eigenvalue weighted by atomic mass is 35.5. The van der Waals surface area contributed by atoms with Gasteiger partial charge in [0.25, 0.3) is 0 Å². The molecule has 0 aliphatic rings. The number of hydrogen-bond donors (Lipinski definition) is 1. The number of hydrogen-bond acceptors (Lipinski definition) is 3. The number of thiazole rings is 1. The molecule has 84 valence electrons. The van der Waals surface area contributed by atoms with Crippen LogP contribution in [0.15, 0.2) is 23.6 Å². The molecule has 0 amide bonds. The van der Waals surface area contributed by atoms with E-state index >= 15 is 0 Å². The van der Waals surface area contributed by atoms with Gasteiger partial charge < -0.3 is 5.73 Å². The Morgan fingerprint density at radius 2 is 2.25 bits per heavy atom. The largest absolute Gasteiger partial charge is 0.330 e. The average Bonchev–Trinajstić information content (AvgIpc) is 2.67. The molecule has 5 heteroatoms. The second-order valence-corrected chi connectivity index (χ2v) is 4.64. The molecular weight excluding hydrogens is 247 g/mol. The fraction of sp³-hybridized carbons (Fsp3) is 0.182. The molecule has 1 aromatic carbocycles. The minimum Gasteiger partial charge on any atom is -0.330 e. The van der Waals surface area contributed by atoms with E-state index in [-0.39, 0.29) is 5.82 Å². The lowest BCUT2D eigenvalue weighted by Gasteiger charge is -2.00. The molecule has 0 unspecified atom stereocenters. The van der Waals surface area contributed by atoms with Gasteiger partial charge in [0.05, 0.1) is 15.7 Å². The summed E-state index contributed by atoms with van der Waals surface area (Å²) >= 11 is 7.49. The molecule has 0 aliphatic carbocycles. The molecule has 0 radical (unpaired) electrons. The highest BCUT2D eigenvalue weighted by Gasteiger charge is 2.08. The predicted molar refractivity (Wildman–Crippen MR) is 65.3 cm³/mol. The average molecular weight is 257 g/mol. The van der Waals surface area contributed by atoms with Gasteiger partial charge in [-0.2, -0.15) is 0 Å². The maximum atomic E-state index is 12.9. The number of aromatic nitrogens is 1. The van der Waals surface area contributed by atoms with E-state index in [9.17, 15) is 4.39 Å². The van der Waals surface area contributed by atoms with E-state index in [0.717, 1.165) is 22.7 Å². The lowest BCUT2D eigenvalue weighted by molar-refractivity contribution is 0.628. The van der Waals surface area contributed by atoms with Gasteiger partial charge in [0.2, 0.25) is 0 Å². The van der Waals surface area contributed by atoms with Crippen molar-refractivity contribution in [1.82, 2.24) is 4.98 Å². The van der Waals surface area contributed by atoms with E-state index in [4.69, 9.17) is 17.3 Å². The summed E-state index contributed by atoms with van der Waals surface area (Å²) in [4.78, 5) is 4.39. The molecule has 2 nitrogen and oxygen atoms in total. The first kappa shape index (κ1) is 11.5. The Hall–Kier alpha value is -0.970. The van der Waals surface area contributed by atoms with Crippen molar-refractivity contribution in [3.63, 3.8) is 0 Å². The fourth-order valence-electron chi connectivity index (χ4n) is 1.37. The fourth-order valence-corrected chi connectivity index (χ4v) is 2.45. The Balaban J connectivity index is 2.35. The minimum absolute atomic E-state index is 0.342. The van der Waals surface area contributed by atoms with Crippen molar-refractivity contribution in [3.8, 4) is 11.3 Å². The predicted octanol–water partition coefficient (Wildman–Crippen LogP) is 3.10. The number of nitrogens with two attached hydrogens (primary N) is 1. The van der Waals surface area contributed by atoms with Crippen molar-refractivity contribution >= 4 is 22.9 Å². The normalized spacial score (nSPS) is 10.7. The third-order valence-corrected chi connectivity index (χ3v) is 3.34. The number of rotatable bonds is 3. The zero-order valence-electron chi connectivity index (χ0n) is 8.41. The zero-order chi connectivity index (χ0) is 11.5. The standard InChI is InChI=1S/C11H10ClFN2S/c12-9-5-7(13)1-2-8(9)10-6-16-11(15-10)3-4-14/h1-2,5-6H,3-4,14H2. The van der Waals surface area contributed by atoms with Crippen LogP contribution in [0, 0.1) is 5.82 Å². The molecule has 2 aromatic rings. The monoisotopic (exact) mass is 256 g/mol. The summed E-state index contributed by atoms with van der Waals surface area (Å²) in [5.74, 6) is -0.342. The van der Waals surface area contributed by atoms with E-state index in [1.54, 1.807) is 6.07 Å². The highest BCUT2D eigenvalue weighted by molar-refractivity contribution is 7.09. The van der Waals surface area contributed by atoms with Gasteiger partial charge >= 0.3 is 0 Å². The van der Waals surface area contributed by atoms with Gasteiger partial charge in [-0.1, -0.05) is 11.6 Å². The molecule has 1 aromatic heterocycles. The highest BCUT2D eigenvalue weighted by Crippen LogP contribution is 2.29. The first-order valence-electron chi connectivity index (χ1n) is 4.80. The lowest BCUT2D eigenvalue weighted by Crippen LogP contribution is -2.01. The van der Waals surface area contributed by atoms with Crippen molar-refractivity contribution < 1.29 is 4.39 Å². The summed E-state index contributed by atoms with van der Waals surface area (Å²) in [7, 11) is 0. The quantitative estimate of drug-likeness (QED) is 0.917. The first-order chi connectivity index (χ1) is 7.70. The van der Waals surface area contributed by atoms with Crippen molar-refractivity contribution in [2.45, 2.75) is 6.42 Å². The summed E-state index contributed by atoms with van der Waals surface area (Å²) in [6.45, 7) is 0.574. The number of benzene rings is 1. The van der Waals surface area contributed by atoms with Gasteiger partial charge in [-0.05, 0) is 24.7 Å². The van der Waals surface area contributed by atoms with E-state index in [1.165, 1.54) is 23.5 Å². The Morgan fingerprint density at radius 1 is 1.44 bits per heavy atom. The summed E-state index contributed by atoms with van der Waals surface area (Å²) in [5, 5.41) is 3.26. The van der Waals surface area contributed by atoms with Crippen LogP contribution in [-0.4, -0.2) is 11.5 Å². The lowest BCUT2D eigenvalue weighted by atomic mass is 10.2. The third-order valence-electron chi connectivity index (χ3n) is 2.12. The molecule has 0 spiro atoms. The molecule has 2 N–H and O–H groups in total. The van der Waals surface area contributed by atoms with Crippen LogP contribution in [0.25, 0.3) is 11.3 Å². The Kier molecular flexibility index (Phi) is 3.53. The molecule has 0 atom stereocenters. The minimum atomic E-state index is -0.342. The van der Waals surface area contributed by atoms with Crippen LogP contribution in [0.3, 0.4) is 0 Å². The van der Waals surface area contributed by atoms with Gasteiger partial charge in [0.15, 0.2) is 0 Å². The summed E-state index contributed by atoms with van der Waals surface area (Å²) in [6.07, 6.45) is 0.753. The zero-order valence-corrected chi connectivity index (χ0v) is 9.98. The topological polar surface area (TPSA) is 38.9 Å². The Morgan fingerprint density at radius 3 is 2.94 bits per heavy atom. The number of nitrogens with zero attached hydrogens (tertiary/aromatic N) is 1. The molecule has 0 bridgehead atoms. The summed E-state index contributed by atoms with van der Waals surface area (Å²) in [6, 6.07) is 4.31. The number of halogens is 2. The maximum Gasteiger partial charge on any atom is 0.124 e. The van der Waals surface area contributed by atoms with Crippen molar-refractivity contribution in [2.24, 2.45) is 5.73 Å². The van der Waals surface area contributed by atoms with Crippen LogP contribution >= 0.6 is 22.9 Å². The van der Waals surface area contributed by atoms with Crippen LogP contribution in [0.2, 0.25) is 5.02 Å². The molecule has 2 rings (SSSR count). The molecule has 0 fully saturated rings. The van der Waals surface area contributed by atoms with Crippen LogP contribution in [0.5, 0.6) is 0 Å². The van der Waals surface area contributed by atoms with Crippen LogP contribution in [0.4, 0.5) is 4.39 Å². The Labute approximate surface area is 102 Å². The first-order valence-corrected chi connectivity index (χ1v) is 6.06. The van der Waals surface area contributed by atoms with Crippen LogP contribution < -0.4 is 5.73 Å². The van der Waals surface area contributed by atoms with Gasteiger partial charge in [0, 0.05) is 17.4 Å². The summed E-state index contributed by atoms with van der Waals surface area (Å²) < 4.78 is 12.9. The molecule has 0 saturated heterocycles.